The molecule has 1 aromatic rings. The van der Waals surface area contributed by atoms with Gasteiger partial charge in [0.15, 0.2) is 5.78 Å². The lowest BCUT2D eigenvalue weighted by molar-refractivity contribution is -0.140. The molecule has 25 heavy (non-hydrogen) atoms. The van der Waals surface area contributed by atoms with Gasteiger partial charge < -0.3 is 9.64 Å². The summed E-state index contributed by atoms with van der Waals surface area (Å²) in [7, 11) is 0. The van der Waals surface area contributed by atoms with Gasteiger partial charge in [0.25, 0.3) is 0 Å². The lowest BCUT2D eigenvalue weighted by atomic mass is 10.1. The fraction of sp³-hybridized carbons (Fsp3) is 0.556. The van der Waals surface area contributed by atoms with Crippen LogP contribution >= 0.6 is 0 Å². The van der Waals surface area contributed by atoms with E-state index in [0.29, 0.717) is 25.1 Å². The van der Waals surface area contributed by atoms with Crippen molar-refractivity contribution in [3.63, 3.8) is 0 Å². The Balaban J connectivity index is 0.000000450. The molecule has 4 nitrogen and oxygen atoms in total. The van der Waals surface area contributed by atoms with Crippen molar-refractivity contribution in [3.05, 3.63) is 35.4 Å². The number of ether oxygens (including phenoxy) is 1. The van der Waals surface area contributed by atoms with Gasteiger partial charge in [-0.25, -0.2) is 0 Å². The quantitative estimate of drug-likeness (QED) is 0.590. The second-order valence-corrected chi connectivity index (χ2v) is 5.72. The molecule has 0 unspecified atom stereocenters. The molecule has 0 bridgehead atoms. The van der Waals surface area contributed by atoms with Crippen molar-refractivity contribution in [2.24, 2.45) is 0 Å². The maximum absolute atomic E-state index is 12.4. The Hall–Kier alpha value is -1.89. The van der Waals surface area contributed by atoms with E-state index in [-0.39, 0.29) is 11.8 Å². The summed E-state index contributed by atoms with van der Waals surface area (Å²) in [6.07, 6.45) is -1.66. The highest BCUT2D eigenvalue weighted by Crippen LogP contribution is 2.29. The number of alkyl halides is 3. The van der Waals surface area contributed by atoms with Gasteiger partial charge in [-0.1, -0.05) is 12.1 Å². The van der Waals surface area contributed by atoms with Crippen molar-refractivity contribution >= 4 is 11.8 Å². The minimum Gasteiger partial charge on any atom is -0.466 e. The van der Waals surface area contributed by atoms with Crippen LogP contribution in [0.15, 0.2) is 24.3 Å². The Morgan fingerprint density at radius 1 is 1.12 bits per heavy atom. The summed E-state index contributed by atoms with van der Waals surface area (Å²) < 4.78 is 41.5. The standard InChI is InChI=1S/C14H16F3NO.C4H8O2/c15-14(16,17)12-5-3-11(4-6-12)13(19)7-10-18-8-1-2-9-18;1-3-6-4(2)5/h3-6H,1-2,7-10H2;3H2,1-2H3. The van der Waals surface area contributed by atoms with Crippen LogP contribution in [-0.2, 0) is 15.7 Å². The average Bonchev–Trinajstić information content (AvgIpc) is 3.06. The third-order valence-electron chi connectivity index (χ3n) is 3.74. The highest BCUT2D eigenvalue weighted by molar-refractivity contribution is 5.96. The number of rotatable bonds is 5. The fourth-order valence-corrected chi connectivity index (χ4v) is 2.46. The first kappa shape index (κ1) is 21.2. The third kappa shape index (κ3) is 8.16. The summed E-state index contributed by atoms with van der Waals surface area (Å²) in [6.45, 7) is 6.38. The first-order valence-corrected chi connectivity index (χ1v) is 8.30. The first-order chi connectivity index (χ1) is 11.7. The molecule has 1 aliphatic heterocycles. The summed E-state index contributed by atoms with van der Waals surface area (Å²) in [5.41, 5.74) is -0.365. The van der Waals surface area contributed by atoms with Gasteiger partial charge in [0.2, 0.25) is 0 Å². The summed E-state index contributed by atoms with van der Waals surface area (Å²) in [5, 5.41) is 0. The molecule has 0 atom stereocenters. The number of nitrogens with zero attached hydrogens (tertiary/aromatic N) is 1. The lowest BCUT2D eigenvalue weighted by Crippen LogP contribution is -2.22. The van der Waals surface area contributed by atoms with Crippen molar-refractivity contribution in [3.8, 4) is 0 Å². The molecule has 1 heterocycles. The fourth-order valence-electron chi connectivity index (χ4n) is 2.46. The van der Waals surface area contributed by atoms with Gasteiger partial charge in [-0.05, 0) is 45.0 Å². The molecule has 0 radical (unpaired) electrons. The SMILES string of the molecule is CCOC(C)=O.O=C(CCN1CCCC1)c1ccc(C(F)(F)F)cc1. The summed E-state index contributed by atoms with van der Waals surface area (Å²) in [6, 6.07) is 4.44. The molecule has 140 valence electrons. The van der Waals surface area contributed by atoms with Gasteiger partial charge in [0.1, 0.15) is 0 Å². The first-order valence-electron chi connectivity index (χ1n) is 8.30. The number of hydrogen-bond acceptors (Lipinski definition) is 4. The number of esters is 1. The number of carbonyl (C=O) groups excluding carboxylic acids is 2. The highest BCUT2D eigenvalue weighted by Gasteiger charge is 2.30. The second-order valence-electron chi connectivity index (χ2n) is 5.72. The van der Waals surface area contributed by atoms with Crippen LogP contribution in [0.2, 0.25) is 0 Å². The molecule has 7 heteroatoms. The summed E-state index contributed by atoms with van der Waals surface area (Å²) >= 11 is 0. The smallest absolute Gasteiger partial charge is 0.416 e. The monoisotopic (exact) mass is 359 g/mol. The Kier molecular flexibility index (Phi) is 8.61. The molecule has 2 rings (SSSR count). The van der Waals surface area contributed by atoms with Crippen LogP contribution in [-0.4, -0.2) is 42.9 Å². The molecule has 1 aliphatic rings. The molecule has 1 saturated heterocycles. The zero-order valence-corrected chi connectivity index (χ0v) is 14.6. The van der Waals surface area contributed by atoms with Crippen LogP contribution in [0.4, 0.5) is 13.2 Å². The lowest BCUT2D eigenvalue weighted by Gasteiger charge is -2.13. The molecule has 0 amide bonds. The van der Waals surface area contributed by atoms with Crippen molar-refractivity contribution < 1.29 is 27.5 Å². The predicted molar refractivity (Wildman–Crippen MR) is 88.4 cm³/mol. The van der Waals surface area contributed by atoms with E-state index in [1.165, 1.54) is 19.1 Å². The Morgan fingerprint density at radius 2 is 1.68 bits per heavy atom. The molecular formula is C18H24F3NO3. The molecule has 1 fully saturated rings. The highest BCUT2D eigenvalue weighted by atomic mass is 19.4. The van der Waals surface area contributed by atoms with Gasteiger partial charge in [-0.2, -0.15) is 13.2 Å². The number of likely N-dealkylation sites (tertiary alicyclic amines) is 1. The largest absolute Gasteiger partial charge is 0.466 e. The topological polar surface area (TPSA) is 46.6 Å². The minimum absolute atomic E-state index is 0.0966. The van der Waals surface area contributed by atoms with Crippen LogP contribution in [0.3, 0.4) is 0 Å². The summed E-state index contributed by atoms with van der Waals surface area (Å²) in [5.74, 6) is -0.307. The number of hydrogen-bond donors (Lipinski definition) is 0. The van der Waals surface area contributed by atoms with Gasteiger partial charge in [-0.3, -0.25) is 9.59 Å². The zero-order valence-electron chi connectivity index (χ0n) is 14.6. The third-order valence-corrected chi connectivity index (χ3v) is 3.74. The molecular weight excluding hydrogens is 335 g/mol. The summed E-state index contributed by atoms with van der Waals surface area (Å²) in [4.78, 5) is 23.9. The van der Waals surface area contributed by atoms with Gasteiger partial charge in [0, 0.05) is 25.5 Å². The van der Waals surface area contributed by atoms with Gasteiger partial charge >= 0.3 is 12.1 Å². The van der Waals surface area contributed by atoms with E-state index in [9.17, 15) is 22.8 Å². The Bertz CT molecular complexity index is 550. The number of ketones is 1. The maximum Gasteiger partial charge on any atom is 0.416 e. The minimum atomic E-state index is -4.35. The molecule has 0 saturated carbocycles. The number of benzene rings is 1. The second kappa shape index (κ2) is 10.2. The average molecular weight is 359 g/mol. The van der Waals surface area contributed by atoms with E-state index in [1.807, 2.05) is 0 Å². The normalized spacial score (nSPS) is 14.6. The van der Waals surface area contributed by atoms with E-state index in [1.54, 1.807) is 6.92 Å². The zero-order chi connectivity index (χ0) is 18.9. The van der Waals surface area contributed by atoms with Crippen LogP contribution in [0.5, 0.6) is 0 Å². The van der Waals surface area contributed by atoms with E-state index in [2.05, 4.69) is 9.64 Å². The Labute approximate surface area is 146 Å². The van der Waals surface area contributed by atoms with E-state index >= 15 is 0 Å². The number of Topliss-reactive ketones (excluding diaryl/α,β-unsaturated/α-hetero) is 1. The molecule has 1 aromatic carbocycles. The molecule has 0 aliphatic carbocycles. The van der Waals surface area contributed by atoms with Gasteiger partial charge in [0.05, 0.1) is 12.2 Å². The van der Waals surface area contributed by atoms with Crippen LogP contribution in [0.1, 0.15) is 49.0 Å². The van der Waals surface area contributed by atoms with Crippen molar-refractivity contribution in [1.29, 1.82) is 0 Å². The number of carbonyl (C=O) groups is 2. The van der Waals surface area contributed by atoms with E-state index in [4.69, 9.17) is 0 Å². The molecule has 0 N–H and O–H groups in total. The Morgan fingerprint density at radius 3 is 2.08 bits per heavy atom. The predicted octanol–water partition coefficient (Wildman–Crippen LogP) is 3.94. The maximum atomic E-state index is 12.4. The van der Waals surface area contributed by atoms with Crippen LogP contribution < -0.4 is 0 Å². The van der Waals surface area contributed by atoms with E-state index < -0.39 is 11.7 Å². The number of halogens is 3. The van der Waals surface area contributed by atoms with Crippen molar-refractivity contribution in [2.45, 2.75) is 39.3 Å². The van der Waals surface area contributed by atoms with Crippen molar-refractivity contribution in [2.75, 3.05) is 26.2 Å². The molecule has 0 aromatic heterocycles. The van der Waals surface area contributed by atoms with Crippen molar-refractivity contribution in [1.82, 2.24) is 4.90 Å². The molecule has 0 spiro atoms. The van der Waals surface area contributed by atoms with Gasteiger partial charge in [-0.15, -0.1) is 0 Å². The van der Waals surface area contributed by atoms with E-state index in [0.717, 1.165) is 38.1 Å². The van der Waals surface area contributed by atoms with Crippen LogP contribution in [0, 0.1) is 0 Å². The van der Waals surface area contributed by atoms with Crippen LogP contribution in [0.25, 0.3) is 0 Å².